The number of anilines is 1. The summed E-state index contributed by atoms with van der Waals surface area (Å²) in [6.07, 6.45) is 0.150. The zero-order valence-electron chi connectivity index (χ0n) is 32.0. The number of thiazole rings is 1. The Morgan fingerprint density at radius 1 is 1.17 bits per heavy atom. The van der Waals surface area contributed by atoms with Gasteiger partial charge in [-0.3, -0.25) is 28.9 Å². The zero-order chi connectivity index (χ0) is 43.6. The molecule has 320 valence electrons. The van der Waals surface area contributed by atoms with E-state index in [1.807, 2.05) is 0 Å². The highest BCUT2D eigenvalue weighted by Gasteiger charge is 2.55. The molecule has 0 spiro atoms. The van der Waals surface area contributed by atoms with Crippen LogP contribution in [0.25, 0.3) is 10.9 Å². The first-order valence-electron chi connectivity index (χ1n) is 18.4. The molecule has 5 heterocycles. The molecule has 3 atom stereocenters. The third kappa shape index (κ3) is 8.55. The van der Waals surface area contributed by atoms with E-state index in [0.29, 0.717) is 42.8 Å². The molecule has 6 rings (SSSR count). The van der Waals surface area contributed by atoms with Crippen LogP contribution in [0.1, 0.15) is 42.2 Å². The quantitative estimate of drug-likeness (QED) is 0.0259. The van der Waals surface area contributed by atoms with Gasteiger partial charge in [0.1, 0.15) is 34.9 Å². The van der Waals surface area contributed by atoms with Crippen LogP contribution < -0.4 is 21.8 Å². The predicted molar refractivity (Wildman–Crippen MR) is 215 cm³/mol. The van der Waals surface area contributed by atoms with Crippen LogP contribution in [-0.2, 0) is 40.1 Å². The van der Waals surface area contributed by atoms with Crippen LogP contribution in [0, 0.1) is 0 Å². The molecule has 0 bridgehead atoms. The third-order valence-corrected chi connectivity index (χ3v) is 12.7. The molecular formula is C36H40ClN8O13S2+. The van der Waals surface area contributed by atoms with Crippen LogP contribution in [0.3, 0.4) is 0 Å². The molecule has 1 aromatic carbocycles. The lowest BCUT2D eigenvalue weighted by molar-refractivity contribution is -0.911. The van der Waals surface area contributed by atoms with Gasteiger partial charge in [0.2, 0.25) is 11.5 Å². The van der Waals surface area contributed by atoms with Crippen molar-refractivity contribution < 1.29 is 63.3 Å². The van der Waals surface area contributed by atoms with Crippen LogP contribution >= 0.6 is 34.7 Å². The second-order valence-electron chi connectivity index (χ2n) is 14.1. The van der Waals surface area contributed by atoms with E-state index in [2.05, 4.69) is 20.8 Å². The van der Waals surface area contributed by atoms with Crippen molar-refractivity contribution in [3.05, 3.63) is 55.4 Å². The molecule has 2 fully saturated rings. The van der Waals surface area contributed by atoms with Gasteiger partial charge in [-0.15, -0.1) is 23.1 Å². The van der Waals surface area contributed by atoms with Crippen LogP contribution in [0.5, 0.6) is 11.5 Å². The van der Waals surface area contributed by atoms with Gasteiger partial charge in [-0.25, -0.2) is 14.6 Å². The van der Waals surface area contributed by atoms with Crippen molar-refractivity contribution in [1.29, 1.82) is 0 Å². The fourth-order valence-electron chi connectivity index (χ4n) is 7.42. The molecule has 3 aliphatic rings. The second-order valence-corrected chi connectivity index (χ2v) is 16.5. The standard InChI is InChI=1S/C36H39ClN8O13S2/c1-3-43-12-17(28(49)23-19(43)10-20(46)29(50)24(23)37)30(51)39-6-9-45(7-4-5-8-45)13-16-14-59-33-26(32(53)44(33)27(16)35(56)57-2)41-31(52)25(18-15-60-36(38)40-18)42-58-21(34(54)55)11-22(47)48/h10,12,15,21,26,33H,3-9,11,13-14H2,1-2H3,(H7-,38,39,40,41,42,46,47,48,49,50,51,52,54,55)/p+1/t21-,26?,33?/m0/s1. The number of nitrogens with zero attached hydrogens (tertiary/aromatic N) is 5. The Balaban J connectivity index is 1.19. The van der Waals surface area contributed by atoms with E-state index in [1.165, 1.54) is 41.4 Å². The Labute approximate surface area is 352 Å². The van der Waals surface area contributed by atoms with Crippen molar-refractivity contribution in [1.82, 2.24) is 25.1 Å². The predicted octanol–water partition coefficient (Wildman–Crippen LogP) is 0.641. The number of nitrogen functional groups attached to an aromatic ring is 1. The molecule has 0 radical (unpaired) electrons. The molecule has 0 saturated carbocycles. The van der Waals surface area contributed by atoms with Gasteiger partial charge < -0.3 is 55.4 Å². The lowest BCUT2D eigenvalue weighted by Gasteiger charge is -2.50. The number of pyridine rings is 1. The van der Waals surface area contributed by atoms with Gasteiger partial charge in [0.15, 0.2) is 22.3 Å². The van der Waals surface area contributed by atoms with Crippen LogP contribution in [0.15, 0.2) is 38.9 Å². The number of carboxylic acid groups (broad SMARTS) is 2. The number of hydrogen-bond donors (Lipinski definition) is 7. The van der Waals surface area contributed by atoms with E-state index in [0.717, 1.165) is 24.2 Å². The number of carbonyl (C=O) groups excluding carboxylic acids is 4. The molecule has 21 nitrogen and oxygen atoms in total. The zero-order valence-corrected chi connectivity index (χ0v) is 34.4. The summed E-state index contributed by atoms with van der Waals surface area (Å²) in [6, 6.07) is 0.0223. The highest BCUT2D eigenvalue weighted by Crippen LogP contribution is 2.42. The van der Waals surface area contributed by atoms with E-state index in [1.54, 1.807) is 11.5 Å². The molecule has 2 unspecified atom stereocenters. The maximum atomic E-state index is 13.8. The fourth-order valence-corrected chi connectivity index (χ4v) is 9.58. The Bertz CT molecular complexity index is 2410. The van der Waals surface area contributed by atoms with E-state index in [4.69, 9.17) is 32.0 Å². The van der Waals surface area contributed by atoms with E-state index in [9.17, 15) is 48.9 Å². The number of halogens is 1. The number of β-lactam (4-membered cyclic amide) rings is 1. The average Bonchev–Trinajstić information content (AvgIpc) is 3.86. The number of phenols is 2. The topological polar surface area (TPSA) is 302 Å². The number of nitrogens with two attached hydrogens (primary N) is 1. The first-order valence-corrected chi connectivity index (χ1v) is 20.7. The lowest BCUT2D eigenvalue weighted by Crippen LogP contribution is -2.71. The number of esters is 1. The maximum absolute atomic E-state index is 13.8. The molecule has 0 aliphatic carbocycles. The first kappa shape index (κ1) is 43.7. The number of ether oxygens (including phenoxy) is 1. The SMILES string of the molecule is CCn1cc(C(=O)NCC[N+]2(CC3=C(C(=O)OC)N4C(=O)C(NC(=O)/C(=N\O[C@@H](CC(=O)O)C(=O)O)c5csc(N)n5)C4SC3)CCCC2)c(=O)c2c(Cl)c(O)c(O)cc21. The maximum Gasteiger partial charge on any atom is 0.355 e. The number of carbonyl (C=O) groups is 6. The number of carboxylic acids is 2. The van der Waals surface area contributed by atoms with Gasteiger partial charge in [-0.05, 0) is 6.92 Å². The number of benzene rings is 1. The third-order valence-electron chi connectivity index (χ3n) is 10.4. The first-order chi connectivity index (χ1) is 28.5. The van der Waals surface area contributed by atoms with Gasteiger partial charge in [0, 0.05) is 48.4 Å². The average molecular weight is 892 g/mol. The number of likely N-dealkylation sites (tertiary alicyclic amines) is 1. The van der Waals surface area contributed by atoms with Crippen LogP contribution in [0.2, 0.25) is 5.02 Å². The molecule has 3 aromatic rings. The van der Waals surface area contributed by atoms with E-state index >= 15 is 0 Å². The number of rotatable bonds is 16. The molecule has 3 amide bonds. The molecule has 3 aliphatic heterocycles. The molecule has 2 saturated heterocycles. The van der Waals surface area contributed by atoms with Gasteiger partial charge in [-0.1, -0.05) is 16.8 Å². The summed E-state index contributed by atoms with van der Waals surface area (Å²) in [7, 11) is 1.18. The largest absolute Gasteiger partial charge is 0.504 e. The van der Waals surface area contributed by atoms with Crippen LogP contribution in [-0.4, -0.2) is 144 Å². The van der Waals surface area contributed by atoms with Gasteiger partial charge in [0.05, 0.1) is 55.6 Å². The molecule has 24 heteroatoms. The summed E-state index contributed by atoms with van der Waals surface area (Å²) in [6.45, 7) is 4.31. The van der Waals surface area contributed by atoms with E-state index < -0.39 is 82.2 Å². The number of oxime groups is 1. The summed E-state index contributed by atoms with van der Waals surface area (Å²) >= 11 is 8.46. The van der Waals surface area contributed by atoms with Crippen molar-refractivity contribution in [3.63, 3.8) is 0 Å². The van der Waals surface area contributed by atoms with Crippen molar-refractivity contribution >= 4 is 92.1 Å². The van der Waals surface area contributed by atoms with Crippen molar-refractivity contribution in [3.8, 4) is 11.5 Å². The minimum atomic E-state index is -1.95. The number of fused-ring (bicyclic) bond motifs is 2. The minimum Gasteiger partial charge on any atom is -0.504 e. The second kappa shape index (κ2) is 17.7. The van der Waals surface area contributed by atoms with E-state index in [-0.39, 0.29) is 50.3 Å². The summed E-state index contributed by atoms with van der Waals surface area (Å²) in [5.74, 6) is -7.17. The van der Waals surface area contributed by atoms with Crippen molar-refractivity contribution in [2.45, 2.75) is 50.3 Å². The summed E-state index contributed by atoms with van der Waals surface area (Å²) < 4.78 is 7.11. The highest BCUT2D eigenvalue weighted by molar-refractivity contribution is 8.00. The summed E-state index contributed by atoms with van der Waals surface area (Å²) in [4.78, 5) is 100. The number of aryl methyl sites for hydroxylation is 1. The number of aromatic hydroxyl groups is 2. The van der Waals surface area contributed by atoms with Gasteiger partial charge >= 0.3 is 17.9 Å². The van der Waals surface area contributed by atoms with Crippen LogP contribution in [0.4, 0.5) is 5.13 Å². The Morgan fingerprint density at radius 2 is 1.88 bits per heavy atom. The Kier molecular flexibility index (Phi) is 12.9. The molecule has 60 heavy (non-hydrogen) atoms. The Morgan fingerprint density at radius 3 is 2.50 bits per heavy atom. The van der Waals surface area contributed by atoms with Gasteiger partial charge in [0.25, 0.3) is 17.7 Å². The number of amides is 3. The summed E-state index contributed by atoms with van der Waals surface area (Å²) in [5.41, 5.74) is 4.98. The number of nitrogens with one attached hydrogen (secondary N) is 2. The minimum absolute atomic E-state index is 0.0232. The smallest absolute Gasteiger partial charge is 0.355 e. The number of phenolic OH excluding ortho intramolecular Hbond substituents is 2. The number of aromatic nitrogens is 2. The number of methoxy groups -OCH3 is 1. The molecular weight excluding hydrogens is 852 g/mol. The lowest BCUT2D eigenvalue weighted by atomic mass is 10.0. The summed E-state index contributed by atoms with van der Waals surface area (Å²) in [5, 5.41) is 47.8. The fraction of sp³-hybridized carbons (Fsp3) is 0.417. The number of quaternary nitrogens is 1. The van der Waals surface area contributed by atoms with Crippen molar-refractivity contribution in [2.24, 2.45) is 5.16 Å². The number of hydrogen-bond acceptors (Lipinski definition) is 16. The monoisotopic (exact) mass is 891 g/mol. The number of thioether (sulfide) groups is 1. The van der Waals surface area contributed by atoms with Gasteiger partial charge in [-0.2, -0.15) is 0 Å². The number of aliphatic carboxylic acids is 2. The molecule has 8 N–H and O–H groups in total. The highest BCUT2D eigenvalue weighted by atomic mass is 35.5. The normalized spacial score (nSPS) is 19.0. The molecule has 2 aromatic heterocycles. The Hall–Kier alpha value is -5.91. The van der Waals surface area contributed by atoms with Crippen molar-refractivity contribution in [2.75, 3.05) is 51.3 Å².